The molecule has 3 rings (SSSR count). The van der Waals surface area contributed by atoms with E-state index in [-0.39, 0.29) is 24.1 Å². The zero-order chi connectivity index (χ0) is 15.1. The van der Waals surface area contributed by atoms with Crippen molar-refractivity contribution in [3.63, 3.8) is 0 Å². The summed E-state index contributed by atoms with van der Waals surface area (Å²) in [5.74, 6) is -3.83. The molecule has 0 unspecified atom stereocenters. The molecule has 1 aromatic heterocycles. The predicted octanol–water partition coefficient (Wildman–Crippen LogP) is 2.26. The third-order valence-corrected chi connectivity index (χ3v) is 4.02. The Hall–Kier alpha value is -1.47. The van der Waals surface area contributed by atoms with E-state index in [0.29, 0.717) is 25.9 Å². The minimum Gasteiger partial charge on any atom is -0.317 e. The summed E-state index contributed by atoms with van der Waals surface area (Å²) in [5, 5.41) is 2.25. The number of hydrogen-bond acceptors (Lipinski definition) is 2. The lowest BCUT2D eigenvalue weighted by atomic mass is 10.2. The molecule has 2 bridgehead atoms. The first-order valence-corrected chi connectivity index (χ1v) is 7.07. The lowest BCUT2D eigenvalue weighted by Crippen LogP contribution is -2.29. The van der Waals surface area contributed by atoms with E-state index < -0.39 is 28.2 Å². The van der Waals surface area contributed by atoms with Gasteiger partial charge in [0.05, 0.1) is 0 Å². The second-order valence-electron chi connectivity index (χ2n) is 5.00. The Kier molecular flexibility index (Phi) is 3.71. The number of fused-ring (bicyclic) bond motifs is 5. The zero-order valence-electron chi connectivity index (χ0n) is 11.1. The molecule has 0 amide bonds. The van der Waals surface area contributed by atoms with Crippen molar-refractivity contribution in [2.45, 2.75) is 25.9 Å². The number of aromatic nitrogens is 2. The molecule has 2 heterocycles. The summed E-state index contributed by atoms with van der Waals surface area (Å²) < 4.78 is 44.3. The minimum absolute atomic E-state index is 0.187. The molecule has 1 aromatic carbocycles. The van der Waals surface area contributed by atoms with Crippen LogP contribution in [-0.2, 0) is 13.1 Å². The average Bonchev–Trinajstić information content (AvgIpc) is 2.73. The number of nitrogens with one attached hydrogen (secondary N) is 1. The summed E-state index contributed by atoms with van der Waals surface area (Å²) in [4.78, 5) is 12.3. The Morgan fingerprint density at radius 1 is 0.905 bits per heavy atom. The predicted molar refractivity (Wildman–Crippen MR) is 73.2 cm³/mol. The smallest absolute Gasteiger partial charge is 0.317 e. The quantitative estimate of drug-likeness (QED) is 0.597. The Labute approximate surface area is 123 Å². The summed E-state index contributed by atoms with van der Waals surface area (Å²) in [5.41, 5.74) is -1.14. The van der Waals surface area contributed by atoms with Crippen molar-refractivity contribution >= 4 is 22.6 Å². The van der Waals surface area contributed by atoms with Gasteiger partial charge in [-0.05, 0) is 25.9 Å². The van der Waals surface area contributed by atoms with Crippen molar-refractivity contribution in [2.24, 2.45) is 0 Å². The molecule has 0 atom stereocenters. The van der Waals surface area contributed by atoms with E-state index in [1.54, 1.807) is 0 Å². The SMILES string of the molecule is O=c1n2c3c(F)c(F)c(Cl)c(F)c3n1CCCNCCC2. The van der Waals surface area contributed by atoms with E-state index in [2.05, 4.69) is 5.32 Å². The molecular formula is C13H13ClF3N3O. The summed E-state index contributed by atoms with van der Waals surface area (Å²) in [7, 11) is 0. The second-order valence-corrected chi connectivity index (χ2v) is 5.37. The van der Waals surface area contributed by atoms with Gasteiger partial charge >= 0.3 is 5.69 Å². The van der Waals surface area contributed by atoms with E-state index in [1.807, 2.05) is 0 Å². The fourth-order valence-corrected chi connectivity index (χ4v) is 2.87. The number of imidazole rings is 1. The average molecular weight is 320 g/mol. The second kappa shape index (κ2) is 5.38. The molecule has 0 fully saturated rings. The molecule has 0 aliphatic carbocycles. The number of aryl methyl sites for hydroxylation is 2. The molecule has 0 spiro atoms. The van der Waals surface area contributed by atoms with Gasteiger partial charge in [0.2, 0.25) is 0 Å². The first-order valence-electron chi connectivity index (χ1n) is 6.69. The molecule has 0 saturated carbocycles. The molecule has 2 aromatic rings. The fourth-order valence-electron chi connectivity index (χ4n) is 2.70. The van der Waals surface area contributed by atoms with Crippen molar-refractivity contribution in [3.05, 3.63) is 33.0 Å². The van der Waals surface area contributed by atoms with Gasteiger partial charge in [-0.1, -0.05) is 11.6 Å². The molecule has 1 aliphatic rings. The van der Waals surface area contributed by atoms with E-state index in [0.717, 1.165) is 9.13 Å². The van der Waals surface area contributed by atoms with E-state index in [9.17, 15) is 18.0 Å². The van der Waals surface area contributed by atoms with Crippen LogP contribution in [0.1, 0.15) is 12.8 Å². The largest absolute Gasteiger partial charge is 0.329 e. The number of nitrogens with zero attached hydrogens (tertiary/aromatic N) is 2. The first-order chi connectivity index (χ1) is 10.0. The minimum atomic E-state index is -1.46. The molecule has 0 saturated heterocycles. The highest BCUT2D eigenvalue weighted by molar-refractivity contribution is 6.31. The van der Waals surface area contributed by atoms with Crippen molar-refractivity contribution in [2.75, 3.05) is 13.1 Å². The van der Waals surface area contributed by atoms with Gasteiger partial charge < -0.3 is 5.32 Å². The van der Waals surface area contributed by atoms with Crippen molar-refractivity contribution < 1.29 is 13.2 Å². The van der Waals surface area contributed by atoms with Crippen LogP contribution in [0.5, 0.6) is 0 Å². The summed E-state index contributed by atoms with van der Waals surface area (Å²) in [6, 6.07) is 0. The van der Waals surface area contributed by atoms with Crippen LogP contribution >= 0.6 is 11.6 Å². The normalized spacial score (nSPS) is 16.4. The van der Waals surface area contributed by atoms with Crippen LogP contribution in [0.3, 0.4) is 0 Å². The van der Waals surface area contributed by atoms with Gasteiger partial charge in [0.15, 0.2) is 17.5 Å². The maximum atomic E-state index is 14.2. The Morgan fingerprint density at radius 3 is 2.00 bits per heavy atom. The van der Waals surface area contributed by atoms with Gasteiger partial charge in [-0.2, -0.15) is 0 Å². The number of hydrogen-bond donors (Lipinski definition) is 1. The molecule has 1 N–H and O–H groups in total. The Bertz CT molecular complexity index is 709. The van der Waals surface area contributed by atoms with Crippen LogP contribution < -0.4 is 11.0 Å². The first kappa shape index (κ1) is 14.5. The highest BCUT2D eigenvalue weighted by Crippen LogP contribution is 2.30. The Morgan fingerprint density at radius 2 is 1.43 bits per heavy atom. The van der Waals surface area contributed by atoms with Crippen molar-refractivity contribution in [3.8, 4) is 0 Å². The van der Waals surface area contributed by atoms with Crippen molar-refractivity contribution in [1.29, 1.82) is 0 Å². The lowest BCUT2D eigenvalue weighted by Gasteiger charge is -2.08. The third kappa shape index (κ3) is 2.15. The number of benzene rings is 1. The highest BCUT2D eigenvalue weighted by Gasteiger charge is 2.27. The summed E-state index contributed by atoms with van der Waals surface area (Å²) >= 11 is 5.49. The summed E-state index contributed by atoms with van der Waals surface area (Å²) in [6.45, 7) is 1.72. The van der Waals surface area contributed by atoms with Gasteiger partial charge in [-0.3, -0.25) is 9.13 Å². The van der Waals surface area contributed by atoms with Gasteiger partial charge in [0, 0.05) is 13.1 Å². The molecule has 1 aliphatic heterocycles. The van der Waals surface area contributed by atoms with E-state index >= 15 is 0 Å². The van der Waals surface area contributed by atoms with Crippen LogP contribution in [0.2, 0.25) is 5.02 Å². The topological polar surface area (TPSA) is 39.0 Å². The monoisotopic (exact) mass is 319 g/mol. The highest BCUT2D eigenvalue weighted by atomic mass is 35.5. The van der Waals surface area contributed by atoms with Crippen molar-refractivity contribution in [1.82, 2.24) is 14.5 Å². The molecular weight excluding hydrogens is 307 g/mol. The number of rotatable bonds is 0. The molecule has 0 radical (unpaired) electrons. The van der Waals surface area contributed by atoms with E-state index in [1.165, 1.54) is 0 Å². The third-order valence-electron chi connectivity index (χ3n) is 3.69. The van der Waals surface area contributed by atoms with Gasteiger partial charge in [0.1, 0.15) is 16.1 Å². The molecule has 114 valence electrons. The van der Waals surface area contributed by atoms with Gasteiger partial charge in [-0.15, -0.1) is 0 Å². The van der Waals surface area contributed by atoms with Crippen LogP contribution in [0.15, 0.2) is 4.79 Å². The van der Waals surface area contributed by atoms with Gasteiger partial charge in [0.25, 0.3) is 0 Å². The van der Waals surface area contributed by atoms with Gasteiger partial charge in [-0.25, -0.2) is 18.0 Å². The fraction of sp³-hybridized carbons (Fsp3) is 0.462. The Balaban J connectivity index is 2.41. The van der Waals surface area contributed by atoms with Crippen LogP contribution in [0.4, 0.5) is 13.2 Å². The van der Waals surface area contributed by atoms with Crippen LogP contribution in [0, 0.1) is 17.5 Å². The standard InChI is InChI=1S/C13H13ClF3N3O/c14-7-8(15)10(17)12-11(9(7)16)19-5-1-3-18-4-2-6-20(12)13(19)21/h18H,1-6H2. The number of halogens is 4. The zero-order valence-corrected chi connectivity index (χ0v) is 11.8. The van der Waals surface area contributed by atoms with E-state index in [4.69, 9.17) is 11.6 Å². The maximum absolute atomic E-state index is 14.2. The molecule has 21 heavy (non-hydrogen) atoms. The molecule has 4 nitrogen and oxygen atoms in total. The molecule has 8 heteroatoms. The van der Waals surface area contributed by atoms with Crippen LogP contribution in [-0.4, -0.2) is 22.2 Å². The van der Waals surface area contributed by atoms with Crippen LogP contribution in [0.25, 0.3) is 11.0 Å². The lowest BCUT2D eigenvalue weighted by molar-refractivity contribution is 0.495. The summed E-state index contributed by atoms with van der Waals surface area (Å²) in [6.07, 6.45) is 1.14. The maximum Gasteiger partial charge on any atom is 0.329 e.